The minimum Gasteiger partial charge on any atom is -0.313 e. The summed E-state index contributed by atoms with van der Waals surface area (Å²) >= 11 is 0. The summed E-state index contributed by atoms with van der Waals surface area (Å²) < 4.78 is 0. The fourth-order valence-corrected chi connectivity index (χ4v) is 1.72. The third-order valence-electron chi connectivity index (χ3n) is 3.01. The van der Waals surface area contributed by atoms with Gasteiger partial charge in [0, 0.05) is 18.6 Å². The third-order valence-corrected chi connectivity index (χ3v) is 3.01. The van der Waals surface area contributed by atoms with E-state index in [0.29, 0.717) is 12.1 Å². The maximum absolute atomic E-state index is 3.47. The SMILES string of the molecule is CNC(CNC(C)C)c1ccc(C)c(C)c1. The van der Waals surface area contributed by atoms with Crippen LogP contribution in [-0.2, 0) is 0 Å². The molecule has 0 saturated carbocycles. The first-order valence-electron chi connectivity index (χ1n) is 6.02. The van der Waals surface area contributed by atoms with Crippen molar-refractivity contribution in [3.63, 3.8) is 0 Å². The predicted molar refractivity (Wildman–Crippen MR) is 70.9 cm³/mol. The van der Waals surface area contributed by atoms with Crippen molar-refractivity contribution in [1.82, 2.24) is 10.6 Å². The second-order valence-corrected chi connectivity index (χ2v) is 4.75. The Labute approximate surface area is 99.5 Å². The first-order chi connectivity index (χ1) is 7.54. The number of nitrogens with one attached hydrogen (secondary N) is 2. The molecule has 0 amide bonds. The van der Waals surface area contributed by atoms with Crippen molar-refractivity contribution in [3.8, 4) is 0 Å². The largest absolute Gasteiger partial charge is 0.313 e. The van der Waals surface area contributed by atoms with Crippen LogP contribution in [0.4, 0.5) is 0 Å². The summed E-state index contributed by atoms with van der Waals surface area (Å²) in [5.41, 5.74) is 4.08. The Kier molecular flexibility index (Phi) is 4.97. The molecule has 0 heterocycles. The molecular weight excluding hydrogens is 196 g/mol. The highest BCUT2D eigenvalue weighted by Crippen LogP contribution is 2.16. The van der Waals surface area contributed by atoms with E-state index in [1.54, 1.807) is 0 Å². The van der Waals surface area contributed by atoms with E-state index >= 15 is 0 Å². The standard InChI is InChI=1S/C14H24N2/c1-10(2)16-9-14(15-5)13-7-6-11(3)12(4)8-13/h6-8,10,14-16H,9H2,1-5H3. The molecule has 0 aliphatic rings. The van der Waals surface area contributed by atoms with Gasteiger partial charge >= 0.3 is 0 Å². The number of hydrogen-bond acceptors (Lipinski definition) is 2. The average Bonchev–Trinajstić information content (AvgIpc) is 2.23. The number of rotatable bonds is 5. The van der Waals surface area contributed by atoms with Gasteiger partial charge in [-0.25, -0.2) is 0 Å². The Morgan fingerprint density at radius 2 is 1.81 bits per heavy atom. The summed E-state index contributed by atoms with van der Waals surface area (Å²) in [6, 6.07) is 7.61. The molecule has 0 aromatic heterocycles. The minimum absolute atomic E-state index is 0.390. The lowest BCUT2D eigenvalue weighted by atomic mass is 10.0. The lowest BCUT2D eigenvalue weighted by molar-refractivity contribution is 0.491. The molecule has 2 nitrogen and oxygen atoms in total. The van der Waals surface area contributed by atoms with Crippen LogP contribution in [-0.4, -0.2) is 19.6 Å². The van der Waals surface area contributed by atoms with Gasteiger partial charge in [-0.15, -0.1) is 0 Å². The fraction of sp³-hybridized carbons (Fsp3) is 0.571. The summed E-state index contributed by atoms with van der Waals surface area (Å²) in [5, 5.41) is 6.82. The van der Waals surface area contributed by atoms with Gasteiger partial charge in [0.15, 0.2) is 0 Å². The highest BCUT2D eigenvalue weighted by atomic mass is 15.0. The molecule has 0 saturated heterocycles. The van der Waals surface area contributed by atoms with E-state index in [1.807, 2.05) is 7.05 Å². The molecule has 1 rings (SSSR count). The molecule has 2 N–H and O–H groups in total. The summed E-state index contributed by atoms with van der Waals surface area (Å²) in [6.45, 7) is 9.64. The van der Waals surface area contributed by atoms with Gasteiger partial charge in [-0.3, -0.25) is 0 Å². The second-order valence-electron chi connectivity index (χ2n) is 4.75. The van der Waals surface area contributed by atoms with Gasteiger partial charge in [0.05, 0.1) is 0 Å². The van der Waals surface area contributed by atoms with Crippen molar-refractivity contribution >= 4 is 0 Å². The quantitative estimate of drug-likeness (QED) is 0.797. The summed E-state index contributed by atoms with van der Waals surface area (Å²) in [7, 11) is 2.02. The Morgan fingerprint density at radius 1 is 1.12 bits per heavy atom. The molecule has 2 heteroatoms. The van der Waals surface area contributed by atoms with Gasteiger partial charge in [-0.05, 0) is 37.6 Å². The van der Waals surface area contributed by atoms with Crippen LogP contribution >= 0.6 is 0 Å². The van der Waals surface area contributed by atoms with Crippen LogP contribution < -0.4 is 10.6 Å². The van der Waals surface area contributed by atoms with E-state index in [-0.39, 0.29) is 0 Å². The van der Waals surface area contributed by atoms with Crippen molar-refractivity contribution in [2.24, 2.45) is 0 Å². The fourth-order valence-electron chi connectivity index (χ4n) is 1.72. The Bertz CT molecular complexity index is 332. The van der Waals surface area contributed by atoms with Gasteiger partial charge in [0.2, 0.25) is 0 Å². The average molecular weight is 220 g/mol. The van der Waals surface area contributed by atoms with Gasteiger partial charge < -0.3 is 10.6 Å². The molecule has 0 radical (unpaired) electrons. The Morgan fingerprint density at radius 3 is 2.31 bits per heavy atom. The van der Waals surface area contributed by atoms with Gasteiger partial charge in [0.1, 0.15) is 0 Å². The van der Waals surface area contributed by atoms with Crippen LogP contribution in [0.1, 0.15) is 36.6 Å². The topological polar surface area (TPSA) is 24.1 Å². The molecule has 90 valence electrons. The molecule has 1 atom stereocenters. The lowest BCUT2D eigenvalue weighted by Crippen LogP contribution is -2.33. The van der Waals surface area contributed by atoms with Crippen LogP contribution in [0, 0.1) is 13.8 Å². The maximum atomic E-state index is 3.47. The molecule has 0 bridgehead atoms. The highest BCUT2D eigenvalue weighted by molar-refractivity contribution is 5.31. The van der Waals surface area contributed by atoms with Crippen LogP contribution in [0.2, 0.25) is 0 Å². The molecule has 1 unspecified atom stereocenters. The zero-order chi connectivity index (χ0) is 12.1. The highest BCUT2D eigenvalue weighted by Gasteiger charge is 2.09. The molecule has 0 spiro atoms. The molecule has 16 heavy (non-hydrogen) atoms. The molecular formula is C14H24N2. The molecule has 1 aromatic carbocycles. The smallest absolute Gasteiger partial charge is 0.0444 e. The van der Waals surface area contributed by atoms with Crippen molar-refractivity contribution in [2.45, 2.75) is 39.8 Å². The third kappa shape index (κ3) is 3.62. The van der Waals surface area contributed by atoms with Crippen molar-refractivity contribution in [3.05, 3.63) is 34.9 Å². The number of benzene rings is 1. The second kappa shape index (κ2) is 6.02. The number of likely N-dealkylation sites (N-methyl/N-ethyl adjacent to an activating group) is 1. The molecule has 0 aliphatic heterocycles. The summed E-state index contributed by atoms with van der Waals surface area (Å²) in [5.74, 6) is 0. The van der Waals surface area contributed by atoms with E-state index in [2.05, 4.69) is 56.5 Å². The van der Waals surface area contributed by atoms with E-state index in [9.17, 15) is 0 Å². The van der Waals surface area contributed by atoms with Gasteiger partial charge in [-0.2, -0.15) is 0 Å². The first-order valence-corrected chi connectivity index (χ1v) is 6.02. The molecule has 1 aromatic rings. The summed E-state index contributed by atoms with van der Waals surface area (Å²) in [6.07, 6.45) is 0. The van der Waals surface area contributed by atoms with Crippen LogP contribution in [0.3, 0.4) is 0 Å². The zero-order valence-corrected chi connectivity index (χ0v) is 11.1. The monoisotopic (exact) mass is 220 g/mol. The van der Waals surface area contributed by atoms with E-state index in [4.69, 9.17) is 0 Å². The van der Waals surface area contributed by atoms with Crippen LogP contribution in [0.25, 0.3) is 0 Å². The van der Waals surface area contributed by atoms with Crippen LogP contribution in [0.5, 0.6) is 0 Å². The van der Waals surface area contributed by atoms with E-state index in [1.165, 1.54) is 16.7 Å². The van der Waals surface area contributed by atoms with Crippen molar-refractivity contribution in [1.29, 1.82) is 0 Å². The van der Waals surface area contributed by atoms with E-state index in [0.717, 1.165) is 6.54 Å². The molecule has 0 fully saturated rings. The normalized spacial score (nSPS) is 13.1. The Hall–Kier alpha value is -0.860. The maximum Gasteiger partial charge on any atom is 0.0444 e. The van der Waals surface area contributed by atoms with Gasteiger partial charge in [0.25, 0.3) is 0 Å². The predicted octanol–water partition coefficient (Wildman–Crippen LogP) is 2.56. The first kappa shape index (κ1) is 13.2. The Balaban J connectivity index is 2.74. The lowest BCUT2D eigenvalue weighted by Gasteiger charge is -2.20. The number of aryl methyl sites for hydroxylation is 2. The zero-order valence-electron chi connectivity index (χ0n) is 11.1. The summed E-state index contributed by atoms with van der Waals surface area (Å²) in [4.78, 5) is 0. The van der Waals surface area contributed by atoms with Crippen LogP contribution in [0.15, 0.2) is 18.2 Å². The van der Waals surface area contributed by atoms with E-state index < -0.39 is 0 Å². The number of hydrogen-bond donors (Lipinski definition) is 2. The molecule has 0 aliphatic carbocycles. The minimum atomic E-state index is 0.390. The van der Waals surface area contributed by atoms with Gasteiger partial charge in [-0.1, -0.05) is 32.0 Å². The van der Waals surface area contributed by atoms with Crippen molar-refractivity contribution < 1.29 is 0 Å². The van der Waals surface area contributed by atoms with Crippen molar-refractivity contribution in [2.75, 3.05) is 13.6 Å².